The minimum absolute atomic E-state index is 0.234. The fourth-order valence-corrected chi connectivity index (χ4v) is 3.09. The first-order chi connectivity index (χ1) is 6.02. The van der Waals surface area contributed by atoms with E-state index in [1.54, 1.807) is 0 Å². The Bertz CT molecular complexity index is 505. The van der Waals surface area contributed by atoms with Crippen LogP contribution < -0.4 is 0 Å². The summed E-state index contributed by atoms with van der Waals surface area (Å²) < 4.78 is 36.3. The third-order valence-electron chi connectivity index (χ3n) is 1.79. The summed E-state index contributed by atoms with van der Waals surface area (Å²) in [5.41, 5.74) is 0.389. The van der Waals surface area contributed by atoms with Crippen LogP contribution in [0, 0.1) is 5.82 Å². The van der Waals surface area contributed by atoms with E-state index in [4.69, 9.17) is 0 Å². The van der Waals surface area contributed by atoms with E-state index in [-0.39, 0.29) is 4.90 Å². The zero-order valence-corrected chi connectivity index (χ0v) is 8.69. The molecule has 0 radical (unpaired) electrons. The van der Waals surface area contributed by atoms with E-state index >= 15 is 0 Å². The Kier molecular flexibility index (Phi) is 1.82. The van der Waals surface area contributed by atoms with Crippen LogP contribution in [0.4, 0.5) is 4.39 Å². The third kappa shape index (κ3) is 1.23. The Morgan fingerprint density at radius 1 is 1.31 bits per heavy atom. The second kappa shape index (κ2) is 2.65. The summed E-state index contributed by atoms with van der Waals surface area (Å²) in [6.07, 6.45) is 1.39. The summed E-state index contributed by atoms with van der Waals surface area (Å²) in [7, 11) is -3.54. The molecule has 2 nitrogen and oxygen atoms in total. The zero-order valence-electron chi connectivity index (χ0n) is 6.29. The lowest BCUT2D eigenvalue weighted by Gasteiger charge is -2.01. The highest BCUT2D eigenvalue weighted by Crippen LogP contribution is 2.34. The first-order valence-corrected chi connectivity index (χ1v) is 5.77. The van der Waals surface area contributed by atoms with Crippen molar-refractivity contribution in [2.75, 3.05) is 0 Å². The SMILES string of the molecule is O=S1(=O)C=Cc2c(Br)ccc(F)c21. The van der Waals surface area contributed by atoms with Gasteiger partial charge in [-0.3, -0.25) is 0 Å². The van der Waals surface area contributed by atoms with Crippen molar-refractivity contribution in [3.8, 4) is 0 Å². The number of halogens is 2. The lowest BCUT2D eigenvalue weighted by atomic mass is 10.2. The summed E-state index contributed by atoms with van der Waals surface area (Å²) in [4.78, 5) is -0.234. The third-order valence-corrected chi connectivity index (χ3v) is 3.96. The lowest BCUT2D eigenvalue weighted by Crippen LogP contribution is -1.97. The van der Waals surface area contributed by atoms with E-state index in [1.165, 1.54) is 12.1 Å². The minimum atomic E-state index is -3.54. The van der Waals surface area contributed by atoms with Crippen molar-refractivity contribution in [1.29, 1.82) is 0 Å². The highest BCUT2D eigenvalue weighted by Gasteiger charge is 2.26. The van der Waals surface area contributed by atoms with E-state index in [1.807, 2.05) is 0 Å². The topological polar surface area (TPSA) is 34.1 Å². The average molecular weight is 263 g/mol. The number of sulfone groups is 1. The van der Waals surface area contributed by atoms with Gasteiger partial charge in [0.15, 0.2) is 0 Å². The second-order valence-electron chi connectivity index (χ2n) is 2.62. The number of hydrogen-bond acceptors (Lipinski definition) is 2. The highest BCUT2D eigenvalue weighted by molar-refractivity contribution is 9.10. The quantitative estimate of drug-likeness (QED) is 0.720. The molecule has 68 valence electrons. The summed E-state index contributed by atoms with van der Waals surface area (Å²) in [6, 6.07) is 2.62. The molecule has 1 aromatic carbocycles. The molecule has 0 bridgehead atoms. The smallest absolute Gasteiger partial charge is 0.203 e. The van der Waals surface area contributed by atoms with Crippen LogP contribution in [0.25, 0.3) is 6.08 Å². The Morgan fingerprint density at radius 2 is 2.00 bits per heavy atom. The molecular weight excluding hydrogens is 259 g/mol. The number of benzene rings is 1. The maximum Gasteiger partial charge on any atom is 0.203 e. The molecule has 0 fully saturated rings. The van der Waals surface area contributed by atoms with Gasteiger partial charge in [-0.25, -0.2) is 12.8 Å². The van der Waals surface area contributed by atoms with Crippen molar-refractivity contribution in [3.05, 3.63) is 33.4 Å². The monoisotopic (exact) mass is 262 g/mol. The van der Waals surface area contributed by atoms with Gasteiger partial charge in [0.1, 0.15) is 10.7 Å². The molecule has 5 heteroatoms. The predicted octanol–water partition coefficient (Wildman–Crippen LogP) is 2.35. The summed E-state index contributed by atoms with van der Waals surface area (Å²) >= 11 is 3.15. The van der Waals surface area contributed by atoms with Crippen LogP contribution in [-0.4, -0.2) is 8.42 Å². The molecule has 1 aliphatic rings. The van der Waals surface area contributed by atoms with Crippen molar-refractivity contribution in [2.24, 2.45) is 0 Å². The molecule has 0 aromatic heterocycles. The molecule has 0 atom stereocenters. The van der Waals surface area contributed by atoms with Gasteiger partial charge in [-0.1, -0.05) is 15.9 Å². The highest BCUT2D eigenvalue weighted by atomic mass is 79.9. The van der Waals surface area contributed by atoms with Gasteiger partial charge in [0.25, 0.3) is 0 Å². The maximum atomic E-state index is 13.1. The Morgan fingerprint density at radius 3 is 2.62 bits per heavy atom. The molecule has 1 heterocycles. The summed E-state index contributed by atoms with van der Waals surface area (Å²) in [5.74, 6) is -0.705. The van der Waals surface area contributed by atoms with Gasteiger partial charge < -0.3 is 0 Å². The average Bonchev–Trinajstić information content (AvgIpc) is 2.36. The van der Waals surface area contributed by atoms with E-state index in [2.05, 4.69) is 15.9 Å². The van der Waals surface area contributed by atoms with Crippen molar-refractivity contribution in [2.45, 2.75) is 4.90 Å². The molecule has 2 rings (SSSR count). The van der Waals surface area contributed by atoms with Gasteiger partial charge >= 0.3 is 0 Å². The van der Waals surface area contributed by atoms with Crippen molar-refractivity contribution in [3.63, 3.8) is 0 Å². The molecule has 0 N–H and O–H groups in total. The number of rotatable bonds is 0. The molecule has 1 aliphatic heterocycles. The second-order valence-corrected chi connectivity index (χ2v) is 5.24. The first kappa shape index (κ1) is 8.90. The van der Waals surface area contributed by atoms with Gasteiger partial charge in [-0.2, -0.15) is 0 Å². The fourth-order valence-electron chi connectivity index (χ4n) is 1.22. The molecule has 13 heavy (non-hydrogen) atoms. The lowest BCUT2D eigenvalue weighted by molar-refractivity contribution is 0.573. The molecule has 0 amide bonds. The van der Waals surface area contributed by atoms with Gasteiger partial charge in [0.2, 0.25) is 9.84 Å². The Hall–Kier alpha value is -0.680. The standard InChI is InChI=1S/C8H4BrFO2S/c9-6-1-2-7(10)8-5(6)3-4-13(8,11)12/h1-4H. The summed E-state index contributed by atoms with van der Waals surface area (Å²) in [6.45, 7) is 0. The van der Waals surface area contributed by atoms with E-state index in [0.717, 1.165) is 11.5 Å². The molecule has 1 aromatic rings. The maximum absolute atomic E-state index is 13.1. The molecule has 0 saturated carbocycles. The van der Waals surface area contributed by atoms with Crippen LogP contribution in [0.15, 0.2) is 26.9 Å². The van der Waals surface area contributed by atoms with Crippen molar-refractivity contribution < 1.29 is 12.8 Å². The van der Waals surface area contributed by atoms with Crippen molar-refractivity contribution in [1.82, 2.24) is 0 Å². The molecule has 0 saturated heterocycles. The molecular formula is C8H4BrFO2S. The zero-order chi connectivity index (χ0) is 9.64. The largest absolute Gasteiger partial charge is 0.219 e. The van der Waals surface area contributed by atoms with Crippen LogP contribution in [0.5, 0.6) is 0 Å². The van der Waals surface area contributed by atoms with Crippen LogP contribution in [0.1, 0.15) is 5.56 Å². The first-order valence-electron chi connectivity index (χ1n) is 3.43. The molecule has 0 unspecified atom stereocenters. The van der Waals surface area contributed by atoms with E-state index < -0.39 is 15.7 Å². The number of hydrogen-bond donors (Lipinski definition) is 0. The van der Waals surface area contributed by atoms with E-state index in [0.29, 0.717) is 10.0 Å². The van der Waals surface area contributed by atoms with Crippen LogP contribution in [-0.2, 0) is 9.84 Å². The van der Waals surface area contributed by atoms with Crippen LogP contribution in [0.2, 0.25) is 0 Å². The Labute approximate surface area is 83.1 Å². The minimum Gasteiger partial charge on any atom is -0.219 e. The van der Waals surface area contributed by atoms with E-state index in [9.17, 15) is 12.8 Å². The Balaban J connectivity index is 2.91. The fraction of sp³-hybridized carbons (Fsp3) is 0. The van der Waals surface area contributed by atoms with Crippen molar-refractivity contribution >= 4 is 31.8 Å². The van der Waals surface area contributed by atoms with Gasteiger partial charge in [-0.15, -0.1) is 0 Å². The van der Waals surface area contributed by atoms with Gasteiger partial charge in [0.05, 0.1) is 0 Å². The molecule has 0 spiro atoms. The molecule has 0 aliphatic carbocycles. The number of fused-ring (bicyclic) bond motifs is 1. The summed E-state index contributed by atoms with van der Waals surface area (Å²) in [5, 5.41) is 1.01. The van der Waals surface area contributed by atoms with Crippen LogP contribution in [0.3, 0.4) is 0 Å². The van der Waals surface area contributed by atoms with Gasteiger partial charge in [-0.05, 0) is 18.2 Å². The predicted molar refractivity (Wildman–Crippen MR) is 50.3 cm³/mol. The normalized spacial score (nSPS) is 17.4. The van der Waals surface area contributed by atoms with Gasteiger partial charge in [0, 0.05) is 15.4 Å². The van der Waals surface area contributed by atoms with Crippen LogP contribution >= 0.6 is 15.9 Å².